The van der Waals surface area contributed by atoms with Gasteiger partial charge < -0.3 is 5.73 Å². The van der Waals surface area contributed by atoms with E-state index in [1.54, 1.807) is 19.9 Å². The number of benzene rings is 1. The minimum absolute atomic E-state index is 0.217. The van der Waals surface area contributed by atoms with E-state index in [2.05, 4.69) is 9.71 Å². The highest BCUT2D eigenvalue weighted by Crippen LogP contribution is 2.24. The van der Waals surface area contributed by atoms with Crippen molar-refractivity contribution in [2.75, 3.05) is 10.5 Å². The summed E-state index contributed by atoms with van der Waals surface area (Å²) in [5.41, 5.74) is 7.32. The van der Waals surface area contributed by atoms with Gasteiger partial charge in [0.25, 0.3) is 10.0 Å². The van der Waals surface area contributed by atoms with Gasteiger partial charge in [-0.05, 0) is 43.2 Å². The molecular weight excluding hydrogens is 281 g/mol. The highest BCUT2D eigenvalue weighted by atomic mass is 32.2. The molecule has 2 aromatic rings. The van der Waals surface area contributed by atoms with Crippen molar-refractivity contribution < 1.29 is 12.8 Å². The highest BCUT2D eigenvalue weighted by molar-refractivity contribution is 7.92. The Morgan fingerprint density at radius 1 is 1.25 bits per heavy atom. The summed E-state index contributed by atoms with van der Waals surface area (Å²) in [5, 5.41) is 0. The van der Waals surface area contributed by atoms with Gasteiger partial charge in [0.15, 0.2) is 0 Å². The summed E-state index contributed by atoms with van der Waals surface area (Å²) in [6.45, 7) is 3.33. The normalized spacial score (nSPS) is 11.3. The molecule has 0 aliphatic carbocycles. The van der Waals surface area contributed by atoms with Crippen LogP contribution >= 0.6 is 0 Å². The lowest BCUT2D eigenvalue weighted by molar-refractivity contribution is 0.570. The van der Waals surface area contributed by atoms with Crippen LogP contribution in [0.15, 0.2) is 35.5 Å². The van der Waals surface area contributed by atoms with E-state index in [1.165, 1.54) is 12.4 Å². The number of halogens is 1. The molecule has 0 saturated carbocycles. The molecule has 7 heteroatoms. The van der Waals surface area contributed by atoms with E-state index < -0.39 is 20.7 Å². The first-order valence-corrected chi connectivity index (χ1v) is 7.28. The van der Waals surface area contributed by atoms with Crippen LogP contribution in [-0.4, -0.2) is 13.4 Å². The second kappa shape index (κ2) is 5.09. The van der Waals surface area contributed by atoms with E-state index in [9.17, 15) is 12.8 Å². The summed E-state index contributed by atoms with van der Waals surface area (Å²) in [5.74, 6) is -0.842. The van der Waals surface area contributed by atoms with Crippen molar-refractivity contribution in [1.29, 1.82) is 0 Å². The summed E-state index contributed by atoms with van der Waals surface area (Å²) in [4.78, 5) is 3.35. The molecule has 0 spiro atoms. The van der Waals surface area contributed by atoms with Gasteiger partial charge >= 0.3 is 0 Å². The molecule has 0 fully saturated rings. The van der Waals surface area contributed by atoms with Gasteiger partial charge in [0.05, 0.1) is 11.9 Å². The zero-order chi connectivity index (χ0) is 14.9. The van der Waals surface area contributed by atoms with Gasteiger partial charge in [-0.15, -0.1) is 0 Å². The monoisotopic (exact) mass is 295 g/mol. The number of nitrogens with zero attached hydrogens (tertiary/aromatic N) is 1. The Morgan fingerprint density at radius 2 is 1.95 bits per heavy atom. The number of nitrogens with one attached hydrogen (secondary N) is 1. The number of anilines is 2. The van der Waals surface area contributed by atoms with Gasteiger partial charge in [-0.25, -0.2) is 12.8 Å². The van der Waals surface area contributed by atoms with Crippen molar-refractivity contribution in [3.8, 4) is 0 Å². The fourth-order valence-corrected chi connectivity index (χ4v) is 2.86. The average molecular weight is 295 g/mol. The third-order valence-corrected chi connectivity index (χ3v) is 4.27. The van der Waals surface area contributed by atoms with E-state index in [4.69, 9.17) is 5.73 Å². The molecule has 0 aliphatic rings. The first-order valence-electron chi connectivity index (χ1n) is 5.80. The molecule has 1 heterocycles. The predicted octanol–water partition coefficient (Wildman–Crippen LogP) is 2.22. The maximum Gasteiger partial charge on any atom is 0.264 e. The van der Waals surface area contributed by atoms with Crippen molar-refractivity contribution in [3.05, 3.63) is 47.5 Å². The maximum absolute atomic E-state index is 13.8. The Bertz CT molecular complexity index is 760. The molecule has 2 rings (SSSR count). The number of nitrogens with two attached hydrogens (primary N) is 1. The molecule has 20 heavy (non-hydrogen) atoms. The lowest BCUT2D eigenvalue weighted by atomic mass is 10.2. The Hall–Kier alpha value is -2.15. The summed E-state index contributed by atoms with van der Waals surface area (Å²) in [7, 11) is -4.05. The number of sulfonamides is 1. The number of rotatable bonds is 3. The third kappa shape index (κ3) is 2.72. The van der Waals surface area contributed by atoms with Crippen molar-refractivity contribution in [2.24, 2.45) is 0 Å². The molecule has 0 unspecified atom stereocenters. The minimum Gasteiger partial charge on any atom is -0.398 e. The van der Waals surface area contributed by atoms with E-state index >= 15 is 0 Å². The van der Waals surface area contributed by atoms with Crippen molar-refractivity contribution in [1.82, 2.24) is 4.98 Å². The van der Waals surface area contributed by atoms with E-state index in [1.807, 2.05) is 0 Å². The van der Waals surface area contributed by atoms with Crippen LogP contribution in [0.25, 0.3) is 0 Å². The Kier molecular flexibility index (Phi) is 3.63. The molecule has 0 saturated heterocycles. The molecular formula is C13H14FN3O2S. The first kappa shape index (κ1) is 14.3. The molecule has 0 radical (unpaired) electrons. The molecule has 5 nitrogen and oxygen atoms in total. The predicted molar refractivity (Wildman–Crippen MR) is 75.3 cm³/mol. The largest absolute Gasteiger partial charge is 0.398 e. The van der Waals surface area contributed by atoms with E-state index in [-0.39, 0.29) is 5.69 Å². The second-order valence-electron chi connectivity index (χ2n) is 4.44. The first-order chi connectivity index (χ1) is 9.31. The zero-order valence-electron chi connectivity index (χ0n) is 11.0. The van der Waals surface area contributed by atoms with Crippen LogP contribution in [0.5, 0.6) is 0 Å². The smallest absolute Gasteiger partial charge is 0.264 e. The van der Waals surface area contributed by atoms with E-state index in [0.29, 0.717) is 16.8 Å². The standard InChI is InChI=1S/C13H14FN3O2S/c1-8-3-4-16-7-12(8)17-20(18,19)13-6-11(15)9(2)5-10(13)14/h3-7,17H,15H2,1-2H3. The summed E-state index contributed by atoms with van der Waals surface area (Å²) in [6.07, 6.45) is 2.90. The number of aryl methyl sites for hydroxylation is 2. The van der Waals surface area contributed by atoms with Crippen LogP contribution in [0.3, 0.4) is 0 Å². The SMILES string of the molecule is Cc1cc(F)c(S(=O)(=O)Nc2cnccc2C)cc1N. The average Bonchev–Trinajstić information content (AvgIpc) is 2.36. The Labute approximate surface area is 116 Å². The van der Waals surface area contributed by atoms with Gasteiger partial charge in [-0.3, -0.25) is 9.71 Å². The van der Waals surface area contributed by atoms with Gasteiger partial charge in [-0.2, -0.15) is 0 Å². The lowest BCUT2D eigenvalue weighted by Crippen LogP contribution is -2.16. The molecule has 3 N–H and O–H groups in total. The molecule has 0 amide bonds. The molecule has 0 atom stereocenters. The number of hydrogen-bond donors (Lipinski definition) is 2. The molecule has 1 aromatic carbocycles. The van der Waals surface area contributed by atoms with Gasteiger partial charge in [0.1, 0.15) is 10.7 Å². The zero-order valence-corrected chi connectivity index (χ0v) is 11.8. The van der Waals surface area contributed by atoms with Crippen LogP contribution < -0.4 is 10.5 Å². The van der Waals surface area contributed by atoms with Gasteiger partial charge in [-0.1, -0.05) is 0 Å². The maximum atomic E-state index is 13.8. The molecule has 1 aromatic heterocycles. The summed E-state index contributed by atoms with van der Waals surface area (Å²) >= 11 is 0. The van der Waals surface area contributed by atoms with E-state index in [0.717, 1.165) is 12.1 Å². The van der Waals surface area contributed by atoms with Crippen molar-refractivity contribution >= 4 is 21.4 Å². The highest BCUT2D eigenvalue weighted by Gasteiger charge is 2.21. The Balaban J connectivity index is 2.47. The minimum atomic E-state index is -4.05. The summed E-state index contributed by atoms with van der Waals surface area (Å²) < 4.78 is 40.6. The molecule has 106 valence electrons. The van der Waals surface area contributed by atoms with Crippen LogP contribution in [0.4, 0.5) is 15.8 Å². The van der Waals surface area contributed by atoms with Crippen molar-refractivity contribution in [2.45, 2.75) is 18.7 Å². The lowest BCUT2D eigenvalue weighted by Gasteiger charge is -2.12. The van der Waals surface area contributed by atoms with Crippen LogP contribution in [0.1, 0.15) is 11.1 Å². The second-order valence-corrected chi connectivity index (χ2v) is 6.09. The van der Waals surface area contributed by atoms with Gasteiger partial charge in [0.2, 0.25) is 0 Å². The fourth-order valence-electron chi connectivity index (χ4n) is 1.65. The number of nitrogen functional groups attached to an aromatic ring is 1. The van der Waals surface area contributed by atoms with Gasteiger partial charge in [0, 0.05) is 11.9 Å². The Morgan fingerprint density at radius 3 is 2.60 bits per heavy atom. The quantitative estimate of drug-likeness (QED) is 0.850. The molecule has 0 aliphatic heterocycles. The van der Waals surface area contributed by atoms with Crippen LogP contribution in [0, 0.1) is 19.7 Å². The van der Waals surface area contributed by atoms with Crippen molar-refractivity contribution in [3.63, 3.8) is 0 Å². The topological polar surface area (TPSA) is 85.1 Å². The summed E-state index contributed by atoms with van der Waals surface area (Å²) in [6, 6.07) is 3.86. The number of pyridine rings is 1. The van der Waals surface area contributed by atoms with Crippen LogP contribution in [0.2, 0.25) is 0 Å². The third-order valence-electron chi connectivity index (χ3n) is 2.89. The molecule has 0 bridgehead atoms. The number of aromatic nitrogens is 1. The van der Waals surface area contributed by atoms with Crippen LogP contribution in [-0.2, 0) is 10.0 Å². The number of hydrogen-bond acceptors (Lipinski definition) is 4. The fraction of sp³-hybridized carbons (Fsp3) is 0.154.